The Morgan fingerprint density at radius 2 is 2.00 bits per heavy atom. The molecular formula is C19H25N3OS. The Morgan fingerprint density at radius 1 is 1.29 bits per heavy atom. The van der Waals surface area contributed by atoms with Gasteiger partial charge < -0.3 is 10.2 Å². The summed E-state index contributed by atoms with van der Waals surface area (Å²) >= 11 is 1.46. The Kier molecular flexibility index (Phi) is 4.63. The van der Waals surface area contributed by atoms with Gasteiger partial charge in [0.25, 0.3) is 5.91 Å². The molecule has 5 heteroatoms. The topological polar surface area (TPSA) is 45.2 Å². The van der Waals surface area contributed by atoms with Crippen LogP contribution in [-0.2, 0) is 5.41 Å². The van der Waals surface area contributed by atoms with Crippen LogP contribution in [0, 0.1) is 5.92 Å². The van der Waals surface area contributed by atoms with Crippen molar-refractivity contribution in [2.45, 2.75) is 39.5 Å². The number of thiazole rings is 1. The SMILES string of the molecule is CC1CCN(c2ccc(NC(=O)c3cnc(C(C)(C)C)s3)cc2)C1. The maximum absolute atomic E-state index is 12.4. The summed E-state index contributed by atoms with van der Waals surface area (Å²) in [6.45, 7) is 10.8. The molecule has 1 aliphatic heterocycles. The van der Waals surface area contributed by atoms with Crippen LogP contribution in [0.5, 0.6) is 0 Å². The van der Waals surface area contributed by atoms with Gasteiger partial charge in [0.1, 0.15) is 4.88 Å². The highest BCUT2D eigenvalue weighted by molar-refractivity contribution is 7.13. The predicted octanol–water partition coefficient (Wildman–Crippen LogP) is 4.54. The summed E-state index contributed by atoms with van der Waals surface area (Å²) in [7, 11) is 0. The van der Waals surface area contributed by atoms with Crippen molar-refractivity contribution in [1.82, 2.24) is 4.98 Å². The van der Waals surface area contributed by atoms with Crippen molar-refractivity contribution in [3.8, 4) is 0 Å². The van der Waals surface area contributed by atoms with Gasteiger partial charge in [-0.2, -0.15) is 0 Å². The summed E-state index contributed by atoms with van der Waals surface area (Å²) in [5.41, 5.74) is 2.02. The van der Waals surface area contributed by atoms with Crippen molar-refractivity contribution < 1.29 is 4.79 Å². The minimum absolute atomic E-state index is 0.0300. The van der Waals surface area contributed by atoms with Crippen LogP contribution in [-0.4, -0.2) is 24.0 Å². The molecule has 3 rings (SSSR count). The van der Waals surface area contributed by atoms with Crippen molar-refractivity contribution in [3.63, 3.8) is 0 Å². The van der Waals surface area contributed by atoms with Crippen molar-refractivity contribution >= 4 is 28.6 Å². The summed E-state index contributed by atoms with van der Waals surface area (Å²) in [6, 6.07) is 8.12. The van der Waals surface area contributed by atoms with Gasteiger partial charge in [-0.3, -0.25) is 4.79 Å². The Morgan fingerprint density at radius 3 is 2.54 bits per heavy atom. The van der Waals surface area contributed by atoms with Gasteiger partial charge in [-0.25, -0.2) is 4.98 Å². The van der Waals surface area contributed by atoms with Crippen LogP contribution >= 0.6 is 11.3 Å². The first kappa shape index (κ1) is 17.0. The molecular weight excluding hydrogens is 318 g/mol. The third-order valence-corrected chi connectivity index (χ3v) is 5.71. The molecule has 1 atom stereocenters. The Balaban J connectivity index is 1.65. The number of carbonyl (C=O) groups excluding carboxylic acids is 1. The van der Waals surface area contributed by atoms with Crippen molar-refractivity contribution in [3.05, 3.63) is 40.3 Å². The van der Waals surface area contributed by atoms with E-state index in [1.165, 1.54) is 23.4 Å². The molecule has 0 saturated carbocycles. The maximum Gasteiger partial charge on any atom is 0.267 e. The molecule has 1 fully saturated rings. The number of aromatic nitrogens is 1. The second-order valence-corrected chi connectivity index (χ2v) is 8.65. The molecule has 0 bridgehead atoms. The fourth-order valence-electron chi connectivity index (χ4n) is 2.84. The van der Waals surface area contributed by atoms with Crippen LogP contribution in [0.4, 0.5) is 11.4 Å². The molecule has 1 aromatic carbocycles. The number of benzene rings is 1. The minimum atomic E-state index is -0.0921. The van der Waals surface area contributed by atoms with E-state index < -0.39 is 0 Å². The third kappa shape index (κ3) is 3.78. The molecule has 1 aromatic heterocycles. The lowest BCUT2D eigenvalue weighted by Crippen LogP contribution is -2.19. The monoisotopic (exact) mass is 343 g/mol. The first-order valence-electron chi connectivity index (χ1n) is 8.45. The van der Waals surface area contributed by atoms with Crippen molar-refractivity contribution in [2.24, 2.45) is 5.92 Å². The smallest absolute Gasteiger partial charge is 0.267 e. The van der Waals surface area contributed by atoms with Crippen LogP contribution in [0.2, 0.25) is 0 Å². The molecule has 1 aliphatic rings. The molecule has 0 spiro atoms. The van der Waals surface area contributed by atoms with E-state index in [9.17, 15) is 4.79 Å². The van der Waals surface area contributed by atoms with Gasteiger partial charge in [0.2, 0.25) is 0 Å². The van der Waals surface area contributed by atoms with E-state index in [2.05, 4.69) is 55.0 Å². The molecule has 1 N–H and O–H groups in total. The van der Waals surface area contributed by atoms with E-state index >= 15 is 0 Å². The number of nitrogens with one attached hydrogen (secondary N) is 1. The molecule has 1 unspecified atom stereocenters. The zero-order valence-corrected chi connectivity index (χ0v) is 15.6. The van der Waals surface area contributed by atoms with Gasteiger partial charge in [0, 0.05) is 29.9 Å². The lowest BCUT2D eigenvalue weighted by atomic mass is 9.98. The highest BCUT2D eigenvalue weighted by atomic mass is 32.1. The fraction of sp³-hybridized carbons (Fsp3) is 0.474. The molecule has 4 nitrogen and oxygen atoms in total. The Bertz CT molecular complexity index is 715. The van der Waals surface area contributed by atoms with Gasteiger partial charge in [-0.1, -0.05) is 27.7 Å². The molecule has 1 saturated heterocycles. The normalized spacial score (nSPS) is 18.0. The summed E-state index contributed by atoms with van der Waals surface area (Å²) in [6.07, 6.45) is 2.92. The van der Waals surface area contributed by atoms with Crippen LogP contribution in [0.15, 0.2) is 30.5 Å². The molecule has 0 aliphatic carbocycles. The minimum Gasteiger partial charge on any atom is -0.371 e. The molecule has 128 valence electrons. The van der Waals surface area contributed by atoms with E-state index in [0.29, 0.717) is 4.88 Å². The molecule has 0 radical (unpaired) electrons. The lowest BCUT2D eigenvalue weighted by Gasteiger charge is -2.18. The van der Waals surface area contributed by atoms with Gasteiger partial charge in [-0.15, -0.1) is 11.3 Å². The van der Waals surface area contributed by atoms with E-state index in [-0.39, 0.29) is 11.3 Å². The number of carbonyl (C=O) groups is 1. The number of rotatable bonds is 3. The maximum atomic E-state index is 12.4. The highest BCUT2D eigenvalue weighted by Crippen LogP contribution is 2.28. The van der Waals surface area contributed by atoms with Crippen LogP contribution < -0.4 is 10.2 Å². The van der Waals surface area contributed by atoms with E-state index in [0.717, 1.165) is 29.7 Å². The number of amides is 1. The van der Waals surface area contributed by atoms with Crippen LogP contribution in [0.25, 0.3) is 0 Å². The van der Waals surface area contributed by atoms with Crippen LogP contribution in [0.3, 0.4) is 0 Å². The van der Waals surface area contributed by atoms with E-state index in [1.807, 2.05) is 12.1 Å². The lowest BCUT2D eigenvalue weighted by molar-refractivity contribution is 0.103. The van der Waals surface area contributed by atoms with Gasteiger partial charge >= 0.3 is 0 Å². The average molecular weight is 343 g/mol. The second-order valence-electron chi connectivity index (χ2n) is 7.62. The summed E-state index contributed by atoms with van der Waals surface area (Å²) in [5, 5.41) is 3.94. The van der Waals surface area contributed by atoms with Crippen molar-refractivity contribution in [2.75, 3.05) is 23.3 Å². The number of hydrogen-bond acceptors (Lipinski definition) is 4. The van der Waals surface area contributed by atoms with Gasteiger partial charge in [0.15, 0.2) is 0 Å². The van der Waals surface area contributed by atoms with E-state index in [4.69, 9.17) is 0 Å². The third-order valence-electron chi connectivity index (χ3n) is 4.29. The quantitative estimate of drug-likeness (QED) is 0.890. The summed E-state index contributed by atoms with van der Waals surface area (Å²) in [4.78, 5) is 19.8. The standard InChI is InChI=1S/C19H25N3OS/c1-13-9-10-22(12-13)15-7-5-14(6-8-15)21-17(23)16-11-20-18(24-16)19(2,3)4/h5-8,11,13H,9-10,12H2,1-4H3,(H,21,23). The number of hydrogen-bond donors (Lipinski definition) is 1. The second kappa shape index (κ2) is 6.55. The predicted molar refractivity (Wildman–Crippen MR) is 101 cm³/mol. The Labute approximate surface area is 147 Å². The van der Waals surface area contributed by atoms with Crippen molar-refractivity contribution in [1.29, 1.82) is 0 Å². The Hall–Kier alpha value is -1.88. The molecule has 24 heavy (non-hydrogen) atoms. The van der Waals surface area contributed by atoms with Gasteiger partial charge in [0.05, 0.1) is 11.2 Å². The highest BCUT2D eigenvalue weighted by Gasteiger charge is 2.21. The number of anilines is 2. The van der Waals surface area contributed by atoms with E-state index in [1.54, 1.807) is 6.20 Å². The summed E-state index contributed by atoms with van der Waals surface area (Å²) < 4.78 is 0. The zero-order chi connectivity index (χ0) is 17.3. The average Bonchev–Trinajstić information content (AvgIpc) is 3.16. The largest absolute Gasteiger partial charge is 0.371 e. The summed E-state index contributed by atoms with van der Waals surface area (Å²) in [5.74, 6) is 0.665. The molecule has 2 aromatic rings. The number of nitrogens with zero attached hydrogens (tertiary/aromatic N) is 2. The fourth-order valence-corrected chi connectivity index (χ4v) is 3.71. The first-order valence-corrected chi connectivity index (χ1v) is 9.27. The molecule has 2 heterocycles. The van der Waals surface area contributed by atoms with Crippen LogP contribution in [0.1, 0.15) is 48.8 Å². The van der Waals surface area contributed by atoms with Gasteiger partial charge in [-0.05, 0) is 36.6 Å². The molecule has 1 amide bonds. The first-order chi connectivity index (χ1) is 11.3. The zero-order valence-electron chi connectivity index (χ0n) is 14.8.